The van der Waals surface area contributed by atoms with Crippen LogP contribution in [0.1, 0.15) is 28.0 Å². The Kier molecular flexibility index (Phi) is 3.30. The van der Waals surface area contributed by atoms with E-state index in [1.807, 2.05) is 38.2 Å². The van der Waals surface area contributed by atoms with Crippen molar-refractivity contribution in [2.75, 3.05) is 0 Å². The molecule has 0 aliphatic heterocycles. The lowest BCUT2D eigenvalue weighted by atomic mass is 10.1. The summed E-state index contributed by atoms with van der Waals surface area (Å²) in [5.74, 6) is 0.887. The van der Waals surface area contributed by atoms with Crippen LogP contribution in [-0.4, -0.2) is 4.98 Å². The predicted octanol–water partition coefficient (Wildman–Crippen LogP) is 3.81. The molecule has 1 atom stereocenters. The number of hydrogen-bond acceptors (Lipinski definition) is 2. The molecule has 84 valence electrons. The number of hydrogen-bond donors (Lipinski definition) is 0. The van der Waals surface area contributed by atoms with Gasteiger partial charge in [-0.05, 0) is 31.5 Å². The molecule has 0 spiro atoms. The van der Waals surface area contributed by atoms with Gasteiger partial charge < -0.3 is 4.42 Å². The smallest absolute Gasteiger partial charge is 0.101 e. The summed E-state index contributed by atoms with van der Waals surface area (Å²) in [6.45, 7) is 3.94. The van der Waals surface area contributed by atoms with Crippen molar-refractivity contribution >= 4 is 11.6 Å². The van der Waals surface area contributed by atoms with Crippen LogP contribution in [0.3, 0.4) is 0 Å². The molecule has 0 saturated carbocycles. The van der Waals surface area contributed by atoms with Crippen LogP contribution in [0.15, 0.2) is 35.1 Å². The zero-order valence-electron chi connectivity index (χ0n) is 9.40. The van der Waals surface area contributed by atoms with Gasteiger partial charge in [-0.15, -0.1) is 11.6 Å². The van der Waals surface area contributed by atoms with Gasteiger partial charge in [0, 0.05) is 23.9 Å². The van der Waals surface area contributed by atoms with E-state index in [1.54, 1.807) is 6.26 Å². The van der Waals surface area contributed by atoms with Gasteiger partial charge in [0.25, 0.3) is 0 Å². The number of aryl methyl sites for hydroxylation is 2. The summed E-state index contributed by atoms with van der Waals surface area (Å²) in [4.78, 5) is 4.34. The molecule has 1 unspecified atom stereocenters. The van der Waals surface area contributed by atoms with Gasteiger partial charge in [0.05, 0.1) is 11.6 Å². The van der Waals surface area contributed by atoms with Crippen molar-refractivity contribution in [3.8, 4) is 0 Å². The van der Waals surface area contributed by atoms with Crippen LogP contribution < -0.4 is 0 Å². The molecule has 0 saturated heterocycles. The summed E-state index contributed by atoms with van der Waals surface area (Å²) in [5, 5.41) is -0.0762. The Morgan fingerprint density at radius 3 is 2.75 bits per heavy atom. The first-order valence-electron chi connectivity index (χ1n) is 5.26. The van der Waals surface area contributed by atoms with Gasteiger partial charge in [0.15, 0.2) is 0 Å². The summed E-state index contributed by atoms with van der Waals surface area (Å²) in [6.07, 6.45) is 4.29. The molecule has 2 aromatic heterocycles. The average Bonchev–Trinajstić information content (AvgIpc) is 2.68. The van der Waals surface area contributed by atoms with Crippen LogP contribution in [-0.2, 0) is 6.42 Å². The molecule has 2 rings (SSSR count). The molecule has 2 aromatic rings. The summed E-state index contributed by atoms with van der Waals surface area (Å²) >= 11 is 6.29. The molecule has 0 aliphatic rings. The molecule has 0 N–H and O–H groups in total. The number of rotatable bonds is 3. The van der Waals surface area contributed by atoms with E-state index in [2.05, 4.69) is 4.98 Å². The van der Waals surface area contributed by atoms with E-state index in [1.165, 1.54) is 0 Å². The molecule has 0 aromatic carbocycles. The van der Waals surface area contributed by atoms with Gasteiger partial charge >= 0.3 is 0 Å². The highest BCUT2D eigenvalue weighted by molar-refractivity contribution is 6.20. The van der Waals surface area contributed by atoms with Crippen LogP contribution >= 0.6 is 11.6 Å². The molecule has 0 bridgehead atoms. The van der Waals surface area contributed by atoms with Gasteiger partial charge in [-0.25, -0.2) is 0 Å². The number of furan rings is 1. The Bertz CT molecular complexity index is 461. The molecule has 0 aliphatic carbocycles. The lowest BCUT2D eigenvalue weighted by Crippen LogP contribution is -1.97. The van der Waals surface area contributed by atoms with Crippen LogP contribution in [0.25, 0.3) is 0 Å². The third kappa shape index (κ3) is 2.64. The van der Waals surface area contributed by atoms with Crippen molar-refractivity contribution in [2.24, 2.45) is 0 Å². The summed E-state index contributed by atoms with van der Waals surface area (Å²) in [7, 11) is 0. The van der Waals surface area contributed by atoms with Gasteiger partial charge in [0.2, 0.25) is 0 Å². The third-order valence-electron chi connectivity index (χ3n) is 2.47. The van der Waals surface area contributed by atoms with E-state index < -0.39 is 0 Å². The van der Waals surface area contributed by atoms with Crippen molar-refractivity contribution in [2.45, 2.75) is 25.6 Å². The normalized spacial score (nSPS) is 12.7. The second kappa shape index (κ2) is 4.71. The minimum atomic E-state index is -0.0762. The Labute approximate surface area is 100 Å². The first-order chi connectivity index (χ1) is 7.65. The van der Waals surface area contributed by atoms with Crippen molar-refractivity contribution in [3.05, 3.63) is 53.2 Å². The van der Waals surface area contributed by atoms with E-state index >= 15 is 0 Å². The highest BCUT2D eigenvalue weighted by Crippen LogP contribution is 2.25. The fraction of sp³-hybridized carbons (Fsp3) is 0.308. The quantitative estimate of drug-likeness (QED) is 0.756. The Morgan fingerprint density at radius 2 is 2.19 bits per heavy atom. The fourth-order valence-electron chi connectivity index (χ4n) is 1.55. The van der Waals surface area contributed by atoms with Gasteiger partial charge in [-0.1, -0.05) is 6.07 Å². The summed E-state index contributed by atoms with van der Waals surface area (Å²) in [6, 6.07) is 6.02. The Balaban J connectivity index is 2.07. The van der Waals surface area contributed by atoms with Gasteiger partial charge in [0.1, 0.15) is 5.76 Å². The molecule has 16 heavy (non-hydrogen) atoms. The zero-order chi connectivity index (χ0) is 11.5. The molecule has 0 radical (unpaired) electrons. The number of nitrogens with zero attached hydrogens (tertiary/aromatic N) is 1. The second-order valence-electron chi connectivity index (χ2n) is 3.99. The summed E-state index contributed by atoms with van der Waals surface area (Å²) in [5.41, 5.74) is 3.18. The SMILES string of the molecule is Cc1ccc(CC(Cl)c2coc(C)c2)nc1. The largest absolute Gasteiger partial charge is 0.469 e. The molecule has 0 amide bonds. The van der Waals surface area contributed by atoms with E-state index in [4.69, 9.17) is 16.0 Å². The molecular weight excluding hydrogens is 222 g/mol. The van der Waals surface area contributed by atoms with Crippen LogP contribution in [0.5, 0.6) is 0 Å². The average molecular weight is 236 g/mol. The minimum Gasteiger partial charge on any atom is -0.469 e. The first kappa shape index (κ1) is 11.2. The van der Waals surface area contributed by atoms with Crippen LogP contribution in [0.2, 0.25) is 0 Å². The standard InChI is InChI=1S/C13H14ClNO/c1-9-3-4-12(15-7-9)6-13(14)11-5-10(2)16-8-11/h3-5,7-8,13H,6H2,1-2H3. The lowest BCUT2D eigenvalue weighted by Gasteiger charge is -2.06. The topological polar surface area (TPSA) is 26.0 Å². The van der Waals surface area contributed by atoms with Gasteiger partial charge in [-0.2, -0.15) is 0 Å². The monoisotopic (exact) mass is 235 g/mol. The maximum absolute atomic E-state index is 6.29. The van der Waals surface area contributed by atoms with Crippen molar-refractivity contribution < 1.29 is 4.42 Å². The van der Waals surface area contributed by atoms with Gasteiger partial charge in [-0.3, -0.25) is 4.98 Å². The van der Waals surface area contributed by atoms with E-state index in [0.717, 1.165) is 29.0 Å². The lowest BCUT2D eigenvalue weighted by molar-refractivity contribution is 0.531. The van der Waals surface area contributed by atoms with Crippen molar-refractivity contribution in [1.82, 2.24) is 4.98 Å². The number of aromatic nitrogens is 1. The fourth-order valence-corrected chi connectivity index (χ4v) is 1.82. The number of halogens is 1. The third-order valence-corrected chi connectivity index (χ3v) is 2.88. The number of alkyl halides is 1. The second-order valence-corrected chi connectivity index (χ2v) is 4.52. The zero-order valence-corrected chi connectivity index (χ0v) is 10.2. The molecule has 2 nitrogen and oxygen atoms in total. The molecule has 2 heterocycles. The Morgan fingerprint density at radius 1 is 1.38 bits per heavy atom. The summed E-state index contributed by atoms with van der Waals surface area (Å²) < 4.78 is 5.24. The molecule has 3 heteroatoms. The van der Waals surface area contributed by atoms with Crippen LogP contribution in [0, 0.1) is 13.8 Å². The predicted molar refractivity (Wildman–Crippen MR) is 64.7 cm³/mol. The number of pyridine rings is 1. The molecular formula is C13H14ClNO. The van der Waals surface area contributed by atoms with E-state index in [-0.39, 0.29) is 5.38 Å². The maximum Gasteiger partial charge on any atom is 0.101 e. The highest BCUT2D eigenvalue weighted by Gasteiger charge is 2.11. The van der Waals surface area contributed by atoms with Crippen molar-refractivity contribution in [1.29, 1.82) is 0 Å². The highest BCUT2D eigenvalue weighted by atomic mass is 35.5. The van der Waals surface area contributed by atoms with E-state index in [9.17, 15) is 0 Å². The maximum atomic E-state index is 6.29. The van der Waals surface area contributed by atoms with Crippen LogP contribution in [0.4, 0.5) is 0 Å². The minimum absolute atomic E-state index is 0.0762. The first-order valence-corrected chi connectivity index (χ1v) is 5.69. The van der Waals surface area contributed by atoms with E-state index in [0.29, 0.717) is 0 Å². The van der Waals surface area contributed by atoms with Crippen molar-refractivity contribution in [3.63, 3.8) is 0 Å². The molecule has 0 fully saturated rings. The Hall–Kier alpha value is -1.28.